The first-order valence-corrected chi connectivity index (χ1v) is 7.24. The maximum atomic E-state index is 5.87. The number of hydrogen-bond acceptors (Lipinski definition) is 5. The van der Waals surface area contributed by atoms with Crippen molar-refractivity contribution in [3.05, 3.63) is 11.8 Å². The van der Waals surface area contributed by atoms with E-state index >= 15 is 0 Å². The van der Waals surface area contributed by atoms with Gasteiger partial charge < -0.3 is 15.0 Å². The maximum Gasteiger partial charge on any atom is 0.224 e. The molecular weight excluding hydrogens is 240 g/mol. The summed E-state index contributed by atoms with van der Waals surface area (Å²) >= 11 is 0. The van der Waals surface area contributed by atoms with Crippen molar-refractivity contribution in [2.45, 2.75) is 45.3 Å². The summed E-state index contributed by atoms with van der Waals surface area (Å²) in [7, 11) is 0. The fraction of sp³-hybridized carbons (Fsp3) is 0.714. The highest BCUT2D eigenvalue weighted by atomic mass is 16.5. The van der Waals surface area contributed by atoms with Gasteiger partial charge in [-0.3, -0.25) is 0 Å². The van der Waals surface area contributed by atoms with Gasteiger partial charge in [-0.2, -0.15) is 4.98 Å². The van der Waals surface area contributed by atoms with E-state index in [1.165, 1.54) is 12.8 Å². The monoisotopic (exact) mass is 262 g/mol. The first-order chi connectivity index (χ1) is 9.24. The number of hydrogen-bond donors (Lipinski definition) is 1. The van der Waals surface area contributed by atoms with Crippen LogP contribution in [0.15, 0.2) is 6.07 Å². The second kappa shape index (κ2) is 5.33. The van der Waals surface area contributed by atoms with Crippen molar-refractivity contribution in [3.8, 4) is 0 Å². The molecule has 2 unspecified atom stereocenters. The van der Waals surface area contributed by atoms with E-state index in [1.54, 1.807) is 0 Å². The topological polar surface area (TPSA) is 50.3 Å². The van der Waals surface area contributed by atoms with Crippen LogP contribution in [0.25, 0.3) is 0 Å². The lowest BCUT2D eigenvalue weighted by atomic mass is 10.2. The van der Waals surface area contributed by atoms with Gasteiger partial charge in [0.15, 0.2) is 0 Å². The van der Waals surface area contributed by atoms with Crippen molar-refractivity contribution in [2.24, 2.45) is 0 Å². The van der Waals surface area contributed by atoms with Crippen molar-refractivity contribution in [3.63, 3.8) is 0 Å². The molecule has 2 atom stereocenters. The van der Waals surface area contributed by atoms with Crippen LogP contribution < -0.4 is 10.2 Å². The third-order valence-electron chi connectivity index (χ3n) is 3.74. The Morgan fingerprint density at radius 3 is 2.74 bits per heavy atom. The Balaban J connectivity index is 1.77. The number of anilines is 2. The van der Waals surface area contributed by atoms with Gasteiger partial charge in [0, 0.05) is 31.4 Å². The normalized spacial score (nSPS) is 25.7. The molecule has 2 fully saturated rings. The Labute approximate surface area is 114 Å². The van der Waals surface area contributed by atoms with E-state index in [0.717, 1.165) is 43.5 Å². The number of aromatic nitrogens is 2. The maximum absolute atomic E-state index is 5.87. The van der Waals surface area contributed by atoms with Gasteiger partial charge in [-0.25, -0.2) is 4.98 Å². The Morgan fingerprint density at radius 2 is 2.05 bits per heavy atom. The summed E-state index contributed by atoms with van der Waals surface area (Å²) in [5.74, 6) is 1.78. The first kappa shape index (κ1) is 12.7. The second-order valence-electron chi connectivity index (χ2n) is 5.48. The fourth-order valence-corrected chi connectivity index (χ4v) is 2.83. The van der Waals surface area contributed by atoms with Crippen LogP contribution in [0, 0.1) is 6.92 Å². The van der Waals surface area contributed by atoms with Crippen LogP contribution in [0.3, 0.4) is 0 Å². The summed E-state index contributed by atoms with van der Waals surface area (Å²) < 4.78 is 5.87. The van der Waals surface area contributed by atoms with Gasteiger partial charge in [-0.05, 0) is 26.2 Å². The minimum atomic E-state index is 0.390. The molecule has 0 aliphatic carbocycles. The number of nitrogens with zero attached hydrogens (tertiary/aromatic N) is 3. The van der Waals surface area contributed by atoms with Crippen molar-refractivity contribution in [1.29, 1.82) is 0 Å². The Hall–Kier alpha value is -1.36. The standard InChI is InChI=1S/C14H22N4O/c1-3-6-15-14-16-10(2)7-13(17-14)18-8-11-4-5-12(9-18)19-11/h7,11-12H,3-6,8-9H2,1-2H3,(H,15,16,17). The van der Waals surface area contributed by atoms with Crippen molar-refractivity contribution in [2.75, 3.05) is 29.9 Å². The molecule has 5 nitrogen and oxygen atoms in total. The zero-order valence-corrected chi connectivity index (χ0v) is 11.7. The quantitative estimate of drug-likeness (QED) is 0.899. The molecule has 1 aromatic rings. The molecule has 3 rings (SSSR count). The van der Waals surface area contributed by atoms with Crippen LogP contribution in [0.4, 0.5) is 11.8 Å². The van der Waals surface area contributed by atoms with Crippen LogP contribution >= 0.6 is 0 Å². The van der Waals surface area contributed by atoms with Crippen molar-refractivity contribution in [1.82, 2.24) is 9.97 Å². The molecule has 104 valence electrons. The molecule has 2 saturated heterocycles. The number of nitrogens with one attached hydrogen (secondary N) is 1. The fourth-order valence-electron chi connectivity index (χ4n) is 2.83. The third kappa shape index (κ3) is 2.81. The van der Waals surface area contributed by atoms with E-state index in [0.29, 0.717) is 12.2 Å². The molecule has 19 heavy (non-hydrogen) atoms. The molecule has 3 heterocycles. The molecule has 2 aliphatic heterocycles. The second-order valence-corrected chi connectivity index (χ2v) is 5.48. The number of morpholine rings is 1. The summed E-state index contributed by atoms with van der Waals surface area (Å²) in [4.78, 5) is 11.4. The largest absolute Gasteiger partial charge is 0.371 e. The zero-order valence-electron chi connectivity index (χ0n) is 11.7. The highest BCUT2D eigenvalue weighted by Crippen LogP contribution is 2.29. The molecule has 0 amide bonds. The van der Waals surface area contributed by atoms with Crippen molar-refractivity contribution < 1.29 is 4.74 Å². The molecule has 2 bridgehead atoms. The minimum Gasteiger partial charge on any atom is -0.371 e. The summed E-state index contributed by atoms with van der Waals surface area (Å²) in [5, 5.41) is 3.27. The zero-order chi connectivity index (χ0) is 13.2. The molecule has 1 N–H and O–H groups in total. The molecule has 5 heteroatoms. The van der Waals surface area contributed by atoms with Gasteiger partial charge in [0.2, 0.25) is 5.95 Å². The van der Waals surface area contributed by atoms with Crippen molar-refractivity contribution >= 4 is 11.8 Å². The van der Waals surface area contributed by atoms with Crippen LogP contribution in [-0.2, 0) is 4.74 Å². The van der Waals surface area contributed by atoms with E-state index in [1.807, 2.05) is 6.92 Å². The van der Waals surface area contributed by atoms with E-state index in [9.17, 15) is 0 Å². The number of ether oxygens (including phenoxy) is 1. The Bertz CT molecular complexity index is 439. The summed E-state index contributed by atoms with van der Waals surface area (Å²) in [6, 6.07) is 2.07. The van der Waals surface area contributed by atoms with Crippen LogP contribution in [0.1, 0.15) is 31.9 Å². The predicted molar refractivity (Wildman–Crippen MR) is 75.7 cm³/mol. The number of rotatable bonds is 4. The average molecular weight is 262 g/mol. The third-order valence-corrected chi connectivity index (χ3v) is 3.74. The lowest BCUT2D eigenvalue weighted by molar-refractivity contribution is 0.0302. The highest BCUT2D eigenvalue weighted by molar-refractivity contribution is 5.45. The first-order valence-electron chi connectivity index (χ1n) is 7.24. The Morgan fingerprint density at radius 1 is 1.32 bits per heavy atom. The van der Waals surface area contributed by atoms with Gasteiger partial charge in [-0.15, -0.1) is 0 Å². The molecule has 0 aromatic carbocycles. The lowest BCUT2D eigenvalue weighted by Crippen LogP contribution is -2.43. The van der Waals surface area contributed by atoms with Gasteiger partial charge in [0.25, 0.3) is 0 Å². The minimum absolute atomic E-state index is 0.390. The average Bonchev–Trinajstić information content (AvgIpc) is 2.74. The summed E-state index contributed by atoms with van der Waals surface area (Å²) in [5.41, 5.74) is 1.02. The smallest absolute Gasteiger partial charge is 0.224 e. The van der Waals surface area contributed by atoms with Gasteiger partial charge in [-0.1, -0.05) is 6.92 Å². The molecule has 2 aliphatic rings. The van der Waals surface area contributed by atoms with E-state index in [-0.39, 0.29) is 0 Å². The molecular formula is C14H22N4O. The highest BCUT2D eigenvalue weighted by Gasteiger charge is 2.34. The molecule has 0 radical (unpaired) electrons. The van der Waals surface area contributed by atoms with E-state index in [4.69, 9.17) is 4.74 Å². The molecule has 0 spiro atoms. The SMILES string of the molecule is CCCNc1nc(C)cc(N2CC3CCC(C2)O3)n1. The van der Waals surface area contributed by atoms with Crippen LogP contribution in [0.5, 0.6) is 0 Å². The van der Waals surface area contributed by atoms with Gasteiger partial charge >= 0.3 is 0 Å². The predicted octanol–water partition coefficient (Wildman–Crippen LogP) is 1.97. The number of fused-ring (bicyclic) bond motifs is 2. The van der Waals surface area contributed by atoms with Crippen LogP contribution in [-0.4, -0.2) is 41.8 Å². The Kier molecular flexibility index (Phi) is 3.55. The van der Waals surface area contributed by atoms with Gasteiger partial charge in [0.05, 0.1) is 12.2 Å². The lowest BCUT2D eigenvalue weighted by Gasteiger charge is -2.33. The van der Waals surface area contributed by atoms with E-state index < -0.39 is 0 Å². The molecule has 0 saturated carbocycles. The number of aryl methyl sites for hydroxylation is 1. The molecule has 1 aromatic heterocycles. The van der Waals surface area contributed by atoms with Gasteiger partial charge in [0.1, 0.15) is 5.82 Å². The summed E-state index contributed by atoms with van der Waals surface area (Å²) in [6.45, 7) is 7.00. The van der Waals surface area contributed by atoms with E-state index in [2.05, 4.69) is 33.2 Å². The van der Waals surface area contributed by atoms with Crippen LogP contribution in [0.2, 0.25) is 0 Å². The summed E-state index contributed by atoms with van der Waals surface area (Å²) in [6.07, 6.45) is 4.23.